The van der Waals surface area contributed by atoms with Crippen molar-refractivity contribution in [1.82, 2.24) is 5.32 Å². The first kappa shape index (κ1) is 15.8. The Kier molecular flexibility index (Phi) is 6.51. The van der Waals surface area contributed by atoms with Crippen molar-refractivity contribution in [3.63, 3.8) is 0 Å². The van der Waals surface area contributed by atoms with E-state index in [4.69, 9.17) is 4.74 Å². The first-order chi connectivity index (χ1) is 10.4. The van der Waals surface area contributed by atoms with Crippen molar-refractivity contribution in [2.75, 3.05) is 44.8 Å². The zero-order valence-electron chi connectivity index (χ0n) is 13.1. The molecule has 0 spiro atoms. The van der Waals surface area contributed by atoms with Gasteiger partial charge in [-0.05, 0) is 31.3 Å². The Balaban J connectivity index is 1.96. The Labute approximate surface area is 127 Å². The van der Waals surface area contributed by atoms with Crippen LogP contribution in [0.4, 0.5) is 5.69 Å². The van der Waals surface area contributed by atoms with Gasteiger partial charge in [-0.15, -0.1) is 0 Å². The van der Waals surface area contributed by atoms with Gasteiger partial charge in [0.1, 0.15) is 0 Å². The van der Waals surface area contributed by atoms with Crippen molar-refractivity contribution < 1.29 is 4.74 Å². The number of anilines is 1. The summed E-state index contributed by atoms with van der Waals surface area (Å²) in [6.45, 7) is 7.07. The molecule has 0 aliphatic carbocycles. The zero-order valence-corrected chi connectivity index (χ0v) is 13.1. The molecule has 114 valence electrons. The van der Waals surface area contributed by atoms with E-state index in [-0.39, 0.29) is 0 Å². The van der Waals surface area contributed by atoms with Gasteiger partial charge in [-0.25, -0.2) is 0 Å². The lowest BCUT2D eigenvalue weighted by Gasteiger charge is -2.25. The maximum atomic E-state index is 5.04. The van der Waals surface area contributed by atoms with Crippen LogP contribution < -0.4 is 10.2 Å². The van der Waals surface area contributed by atoms with Crippen molar-refractivity contribution in [1.29, 1.82) is 0 Å². The molecule has 3 heteroatoms. The van der Waals surface area contributed by atoms with E-state index in [2.05, 4.69) is 59.6 Å². The molecule has 0 atom stereocenters. The van der Waals surface area contributed by atoms with Crippen molar-refractivity contribution >= 4 is 16.5 Å². The van der Waals surface area contributed by atoms with E-state index in [9.17, 15) is 0 Å². The lowest BCUT2D eigenvalue weighted by atomic mass is 10.1. The van der Waals surface area contributed by atoms with Crippen LogP contribution in [0.1, 0.15) is 13.3 Å². The molecule has 0 unspecified atom stereocenters. The fraction of sp³-hybridized carbons (Fsp3) is 0.444. The molecule has 21 heavy (non-hydrogen) atoms. The summed E-state index contributed by atoms with van der Waals surface area (Å²) < 4.78 is 5.04. The summed E-state index contributed by atoms with van der Waals surface area (Å²) in [5.74, 6) is 0. The summed E-state index contributed by atoms with van der Waals surface area (Å²) in [6, 6.07) is 15.2. The van der Waals surface area contributed by atoms with Crippen LogP contribution in [0.2, 0.25) is 0 Å². The number of nitrogens with one attached hydrogen (secondary N) is 1. The maximum Gasteiger partial charge on any atom is 0.0587 e. The highest BCUT2D eigenvalue weighted by Gasteiger charge is 2.07. The molecular formula is C18H26N2O. The normalized spacial score (nSPS) is 11.0. The second kappa shape index (κ2) is 8.65. The second-order valence-corrected chi connectivity index (χ2v) is 5.17. The van der Waals surface area contributed by atoms with Gasteiger partial charge in [0.05, 0.1) is 6.61 Å². The zero-order chi connectivity index (χ0) is 14.9. The number of nitrogens with zero attached hydrogens (tertiary/aromatic N) is 1. The molecule has 0 radical (unpaired) electrons. The van der Waals surface area contributed by atoms with E-state index in [1.54, 1.807) is 7.11 Å². The molecule has 3 nitrogen and oxygen atoms in total. The summed E-state index contributed by atoms with van der Waals surface area (Å²) in [4.78, 5) is 2.46. The van der Waals surface area contributed by atoms with Crippen LogP contribution in [0.3, 0.4) is 0 Å². The third-order valence-electron chi connectivity index (χ3n) is 3.75. The lowest BCUT2D eigenvalue weighted by molar-refractivity contribution is 0.199. The molecule has 0 aliphatic rings. The summed E-state index contributed by atoms with van der Waals surface area (Å²) >= 11 is 0. The fourth-order valence-corrected chi connectivity index (χ4v) is 2.63. The van der Waals surface area contributed by atoms with Gasteiger partial charge in [0.2, 0.25) is 0 Å². The largest absolute Gasteiger partial charge is 0.383 e. The Morgan fingerprint density at radius 1 is 1.05 bits per heavy atom. The number of hydrogen-bond acceptors (Lipinski definition) is 3. The Hall–Kier alpha value is -1.58. The average molecular weight is 286 g/mol. The number of rotatable bonds is 9. The highest BCUT2D eigenvalue weighted by Crippen LogP contribution is 2.26. The van der Waals surface area contributed by atoms with Gasteiger partial charge >= 0.3 is 0 Å². The molecule has 0 saturated carbocycles. The highest BCUT2D eigenvalue weighted by molar-refractivity contribution is 5.94. The van der Waals surface area contributed by atoms with E-state index in [1.165, 1.54) is 16.5 Å². The van der Waals surface area contributed by atoms with E-state index in [1.807, 2.05) is 0 Å². The third-order valence-corrected chi connectivity index (χ3v) is 3.75. The molecule has 0 aliphatic heterocycles. The van der Waals surface area contributed by atoms with Crippen LogP contribution in [0.5, 0.6) is 0 Å². The minimum atomic E-state index is 0.779. The summed E-state index contributed by atoms with van der Waals surface area (Å²) in [5.41, 5.74) is 1.34. The van der Waals surface area contributed by atoms with E-state index >= 15 is 0 Å². The van der Waals surface area contributed by atoms with E-state index < -0.39 is 0 Å². The predicted octanol–water partition coefficient (Wildman–Crippen LogP) is 3.29. The number of ether oxygens (including phenoxy) is 1. The molecule has 0 bridgehead atoms. The monoisotopic (exact) mass is 286 g/mol. The number of fused-ring (bicyclic) bond motifs is 1. The third kappa shape index (κ3) is 4.45. The molecule has 0 fully saturated rings. The molecule has 0 heterocycles. The quantitative estimate of drug-likeness (QED) is 0.716. The Bertz CT molecular complexity index is 536. The molecule has 0 amide bonds. The van der Waals surface area contributed by atoms with Crippen LogP contribution in [-0.2, 0) is 4.74 Å². The van der Waals surface area contributed by atoms with Gasteiger partial charge in [-0.3, -0.25) is 0 Å². The fourth-order valence-electron chi connectivity index (χ4n) is 2.63. The predicted molar refractivity (Wildman–Crippen MR) is 91.2 cm³/mol. The molecular weight excluding hydrogens is 260 g/mol. The minimum Gasteiger partial charge on any atom is -0.383 e. The smallest absolute Gasteiger partial charge is 0.0587 e. The molecule has 0 aromatic heterocycles. The van der Waals surface area contributed by atoms with Crippen molar-refractivity contribution in [3.05, 3.63) is 42.5 Å². The number of hydrogen-bond donors (Lipinski definition) is 1. The van der Waals surface area contributed by atoms with Crippen LogP contribution >= 0.6 is 0 Å². The van der Waals surface area contributed by atoms with E-state index in [0.29, 0.717) is 0 Å². The molecule has 2 aromatic rings. The van der Waals surface area contributed by atoms with Crippen LogP contribution in [0.15, 0.2) is 42.5 Å². The Morgan fingerprint density at radius 2 is 1.86 bits per heavy atom. The van der Waals surface area contributed by atoms with Gasteiger partial charge in [0, 0.05) is 37.8 Å². The van der Waals surface area contributed by atoms with Crippen molar-refractivity contribution in [2.45, 2.75) is 13.3 Å². The number of benzene rings is 2. The van der Waals surface area contributed by atoms with Gasteiger partial charge < -0.3 is 15.0 Å². The standard InChI is InChI=1S/C18H26N2O/c1-3-20(14-7-12-19-13-15-21-2)18-11-6-9-16-8-4-5-10-17(16)18/h4-6,8-11,19H,3,7,12-15H2,1-2H3. The van der Waals surface area contributed by atoms with Gasteiger partial charge in [0.15, 0.2) is 0 Å². The van der Waals surface area contributed by atoms with Crippen LogP contribution in [-0.4, -0.2) is 39.9 Å². The first-order valence-corrected chi connectivity index (χ1v) is 7.79. The summed E-state index contributed by atoms with van der Waals surface area (Å²) in [5, 5.41) is 6.06. The highest BCUT2D eigenvalue weighted by atomic mass is 16.5. The topological polar surface area (TPSA) is 24.5 Å². The average Bonchev–Trinajstić information content (AvgIpc) is 2.54. The molecule has 0 saturated heterocycles. The Morgan fingerprint density at radius 3 is 2.67 bits per heavy atom. The molecule has 2 rings (SSSR count). The first-order valence-electron chi connectivity index (χ1n) is 7.79. The lowest BCUT2D eigenvalue weighted by Crippen LogP contribution is -2.28. The second-order valence-electron chi connectivity index (χ2n) is 5.17. The minimum absolute atomic E-state index is 0.779. The van der Waals surface area contributed by atoms with Gasteiger partial charge in [-0.2, -0.15) is 0 Å². The van der Waals surface area contributed by atoms with Gasteiger partial charge in [-0.1, -0.05) is 36.4 Å². The SMILES string of the molecule is CCN(CCCNCCOC)c1cccc2ccccc12. The van der Waals surface area contributed by atoms with Crippen LogP contribution in [0, 0.1) is 0 Å². The summed E-state index contributed by atoms with van der Waals surface area (Å²) in [6.07, 6.45) is 1.14. The van der Waals surface area contributed by atoms with Gasteiger partial charge in [0.25, 0.3) is 0 Å². The summed E-state index contributed by atoms with van der Waals surface area (Å²) in [7, 11) is 1.74. The molecule has 1 N–H and O–H groups in total. The number of methoxy groups -OCH3 is 1. The van der Waals surface area contributed by atoms with Crippen molar-refractivity contribution in [3.8, 4) is 0 Å². The molecule has 2 aromatic carbocycles. The van der Waals surface area contributed by atoms with Crippen molar-refractivity contribution in [2.24, 2.45) is 0 Å². The van der Waals surface area contributed by atoms with Crippen LogP contribution in [0.25, 0.3) is 10.8 Å². The van der Waals surface area contributed by atoms with E-state index in [0.717, 1.165) is 39.2 Å². The maximum absolute atomic E-state index is 5.04.